The number of nitrogens with one attached hydrogen (secondary N) is 1. The second-order valence-corrected chi connectivity index (χ2v) is 7.76. The summed E-state index contributed by atoms with van der Waals surface area (Å²) in [5, 5.41) is 3.99. The van der Waals surface area contributed by atoms with E-state index < -0.39 is 11.9 Å². The predicted octanol–water partition coefficient (Wildman–Crippen LogP) is 4.32. The molecule has 1 unspecified atom stereocenters. The van der Waals surface area contributed by atoms with Gasteiger partial charge in [0.15, 0.2) is 0 Å². The van der Waals surface area contributed by atoms with Crippen molar-refractivity contribution in [1.82, 2.24) is 9.97 Å². The summed E-state index contributed by atoms with van der Waals surface area (Å²) in [7, 11) is 0. The van der Waals surface area contributed by atoms with Crippen molar-refractivity contribution in [2.45, 2.75) is 12.5 Å². The molecule has 8 heteroatoms. The Balaban J connectivity index is 1.41. The molecule has 0 spiro atoms. The van der Waals surface area contributed by atoms with Crippen LogP contribution in [0.1, 0.15) is 27.4 Å². The molecular formula is C25H21ClN4O3. The number of anilines is 1. The SMILES string of the molecule is NCC(C(=O)Nc1ccc2cncc(Cl)c2n1)c1ccc(COC(=O)c2ccccc2)cc1. The number of rotatable bonds is 7. The molecule has 1 amide bonds. The van der Waals surface area contributed by atoms with E-state index in [9.17, 15) is 9.59 Å². The van der Waals surface area contributed by atoms with Crippen molar-refractivity contribution in [3.05, 3.63) is 101 Å². The minimum atomic E-state index is -0.573. The van der Waals surface area contributed by atoms with Crippen molar-refractivity contribution in [1.29, 1.82) is 0 Å². The van der Waals surface area contributed by atoms with Crippen molar-refractivity contribution >= 4 is 40.2 Å². The zero-order chi connectivity index (χ0) is 23.2. The highest BCUT2D eigenvalue weighted by molar-refractivity contribution is 6.34. The maximum absolute atomic E-state index is 12.9. The third-order valence-corrected chi connectivity index (χ3v) is 5.40. The zero-order valence-electron chi connectivity index (χ0n) is 17.6. The highest BCUT2D eigenvalue weighted by Gasteiger charge is 2.20. The van der Waals surface area contributed by atoms with E-state index in [2.05, 4.69) is 15.3 Å². The lowest BCUT2D eigenvalue weighted by Gasteiger charge is -2.16. The average molecular weight is 461 g/mol. The number of halogens is 1. The van der Waals surface area contributed by atoms with Crippen molar-refractivity contribution in [3.63, 3.8) is 0 Å². The van der Waals surface area contributed by atoms with Crippen molar-refractivity contribution in [2.24, 2.45) is 5.73 Å². The smallest absolute Gasteiger partial charge is 0.338 e. The van der Waals surface area contributed by atoms with Crippen LogP contribution in [0.2, 0.25) is 5.02 Å². The van der Waals surface area contributed by atoms with E-state index in [0.29, 0.717) is 21.9 Å². The maximum Gasteiger partial charge on any atom is 0.338 e. The Labute approximate surface area is 195 Å². The van der Waals surface area contributed by atoms with Crippen LogP contribution in [0.15, 0.2) is 79.1 Å². The fourth-order valence-corrected chi connectivity index (χ4v) is 3.55. The summed E-state index contributed by atoms with van der Waals surface area (Å²) in [6.45, 7) is 0.247. The molecule has 0 saturated carbocycles. The van der Waals surface area contributed by atoms with E-state index in [-0.39, 0.29) is 19.1 Å². The van der Waals surface area contributed by atoms with E-state index in [1.807, 2.05) is 18.2 Å². The number of hydrogen-bond acceptors (Lipinski definition) is 6. The first-order valence-corrected chi connectivity index (χ1v) is 10.6. The summed E-state index contributed by atoms with van der Waals surface area (Å²) >= 11 is 6.16. The third kappa shape index (κ3) is 5.34. The fourth-order valence-electron chi connectivity index (χ4n) is 3.34. The van der Waals surface area contributed by atoms with Crippen molar-refractivity contribution in [3.8, 4) is 0 Å². The molecule has 2 aromatic heterocycles. The predicted molar refractivity (Wildman–Crippen MR) is 127 cm³/mol. The first-order valence-electron chi connectivity index (χ1n) is 10.3. The molecule has 3 N–H and O–H groups in total. The van der Waals surface area contributed by atoms with Crippen LogP contribution in [0, 0.1) is 0 Å². The van der Waals surface area contributed by atoms with Crippen molar-refractivity contribution in [2.75, 3.05) is 11.9 Å². The molecule has 0 aliphatic heterocycles. The van der Waals surface area contributed by atoms with Gasteiger partial charge in [-0.1, -0.05) is 54.1 Å². The van der Waals surface area contributed by atoms with Gasteiger partial charge in [0.2, 0.25) is 5.91 Å². The van der Waals surface area contributed by atoms with Gasteiger partial charge in [0.1, 0.15) is 12.4 Å². The molecule has 0 fully saturated rings. The normalized spacial score (nSPS) is 11.7. The van der Waals surface area contributed by atoms with Crippen LogP contribution in [0.4, 0.5) is 5.82 Å². The minimum absolute atomic E-state index is 0.117. The zero-order valence-corrected chi connectivity index (χ0v) is 18.3. The molecule has 0 bridgehead atoms. The van der Waals surface area contributed by atoms with Gasteiger partial charge in [0.05, 0.1) is 22.0 Å². The van der Waals surface area contributed by atoms with Crippen LogP contribution in [-0.4, -0.2) is 28.4 Å². The molecule has 2 heterocycles. The van der Waals surface area contributed by atoms with Crippen LogP contribution in [0.5, 0.6) is 0 Å². The Morgan fingerprint density at radius 3 is 2.48 bits per heavy atom. The first-order chi connectivity index (χ1) is 16.0. The van der Waals surface area contributed by atoms with Crippen LogP contribution in [-0.2, 0) is 16.1 Å². The molecule has 0 aliphatic rings. The quantitative estimate of drug-likeness (QED) is 0.398. The van der Waals surface area contributed by atoms with Crippen LogP contribution in [0.25, 0.3) is 10.9 Å². The average Bonchev–Trinajstić information content (AvgIpc) is 2.85. The Morgan fingerprint density at radius 1 is 1.00 bits per heavy atom. The van der Waals surface area contributed by atoms with E-state index >= 15 is 0 Å². The summed E-state index contributed by atoms with van der Waals surface area (Å²) in [6.07, 6.45) is 3.16. The number of carbonyl (C=O) groups is 2. The largest absolute Gasteiger partial charge is 0.457 e. The Kier molecular flexibility index (Phi) is 6.92. The van der Waals surface area contributed by atoms with E-state index in [1.165, 1.54) is 6.20 Å². The Hall–Kier alpha value is -3.81. The number of fused-ring (bicyclic) bond motifs is 1. The highest BCUT2D eigenvalue weighted by atomic mass is 35.5. The van der Waals surface area contributed by atoms with Gasteiger partial charge in [0, 0.05) is 24.3 Å². The molecule has 7 nitrogen and oxygen atoms in total. The lowest BCUT2D eigenvalue weighted by atomic mass is 9.97. The Bertz CT molecular complexity index is 1280. The third-order valence-electron chi connectivity index (χ3n) is 5.12. The molecule has 0 saturated heterocycles. The molecule has 166 valence electrons. The maximum atomic E-state index is 12.9. The first kappa shape index (κ1) is 22.4. The fraction of sp³-hybridized carbons (Fsp3) is 0.120. The van der Waals surface area contributed by atoms with E-state index in [4.69, 9.17) is 22.1 Å². The van der Waals surface area contributed by atoms with Gasteiger partial charge in [-0.15, -0.1) is 0 Å². The summed E-state index contributed by atoms with van der Waals surface area (Å²) in [4.78, 5) is 33.4. The lowest BCUT2D eigenvalue weighted by molar-refractivity contribution is -0.117. The number of aromatic nitrogens is 2. The highest BCUT2D eigenvalue weighted by Crippen LogP contribution is 2.23. The number of hydrogen-bond donors (Lipinski definition) is 2. The van der Waals surface area contributed by atoms with Crippen molar-refractivity contribution < 1.29 is 14.3 Å². The standard InChI is InChI=1S/C25H21ClN4O3/c26-21-14-28-13-19-10-11-22(29-23(19)21)30-24(31)20(12-27)17-8-6-16(7-9-17)15-33-25(32)18-4-2-1-3-5-18/h1-11,13-14,20H,12,15,27H2,(H,29,30,31). The monoisotopic (exact) mass is 460 g/mol. The second kappa shape index (κ2) is 10.2. The molecule has 4 aromatic rings. The number of ether oxygens (including phenoxy) is 1. The number of nitrogens with zero attached hydrogens (tertiary/aromatic N) is 2. The molecule has 0 radical (unpaired) electrons. The number of nitrogens with two attached hydrogens (primary N) is 1. The number of benzene rings is 2. The number of esters is 1. The summed E-state index contributed by atoms with van der Waals surface area (Å²) < 4.78 is 5.35. The topological polar surface area (TPSA) is 107 Å². The number of pyridine rings is 2. The van der Waals surface area contributed by atoms with Gasteiger partial charge >= 0.3 is 5.97 Å². The molecular weight excluding hydrogens is 440 g/mol. The lowest BCUT2D eigenvalue weighted by Crippen LogP contribution is -2.27. The van der Waals surface area contributed by atoms with Gasteiger partial charge in [0.25, 0.3) is 0 Å². The van der Waals surface area contributed by atoms with Crippen LogP contribution < -0.4 is 11.1 Å². The van der Waals surface area contributed by atoms with Gasteiger partial charge in [-0.25, -0.2) is 9.78 Å². The van der Waals surface area contributed by atoms with Gasteiger partial charge in [-0.2, -0.15) is 0 Å². The van der Waals surface area contributed by atoms with Gasteiger partial charge in [-0.05, 0) is 35.4 Å². The molecule has 1 atom stereocenters. The van der Waals surface area contributed by atoms with Crippen LogP contribution in [0.3, 0.4) is 0 Å². The summed E-state index contributed by atoms with van der Waals surface area (Å²) in [5.74, 6) is -0.865. The summed E-state index contributed by atoms with van der Waals surface area (Å²) in [5.41, 5.74) is 8.50. The number of amides is 1. The van der Waals surface area contributed by atoms with Gasteiger partial charge in [-0.3, -0.25) is 9.78 Å². The van der Waals surface area contributed by atoms with Gasteiger partial charge < -0.3 is 15.8 Å². The molecule has 33 heavy (non-hydrogen) atoms. The second-order valence-electron chi connectivity index (χ2n) is 7.35. The molecule has 4 rings (SSSR count). The Morgan fingerprint density at radius 2 is 1.76 bits per heavy atom. The van der Waals surface area contributed by atoms with E-state index in [0.717, 1.165) is 16.5 Å². The van der Waals surface area contributed by atoms with Crippen LogP contribution >= 0.6 is 11.6 Å². The molecule has 2 aromatic carbocycles. The number of carbonyl (C=O) groups excluding carboxylic acids is 2. The summed E-state index contributed by atoms with van der Waals surface area (Å²) in [6, 6.07) is 19.5. The minimum Gasteiger partial charge on any atom is -0.457 e. The molecule has 0 aliphatic carbocycles. The van der Waals surface area contributed by atoms with E-state index in [1.54, 1.807) is 54.7 Å².